The molecule has 0 amide bonds. The van der Waals surface area contributed by atoms with E-state index in [-0.39, 0.29) is 0 Å². The first kappa shape index (κ1) is 6.09. The number of rotatable bonds is 2. The van der Waals surface area contributed by atoms with Crippen molar-refractivity contribution in [1.82, 2.24) is 0 Å². The molecule has 0 nitrogen and oxygen atoms in total. The lowest BCUT2D eigenvalue weighted by atomic mass is 10.3. The molecule has 6 heavy (non-hydrogen) atoms. The van der Waals surface area contributed by atoms with Crippen LogP contribution in [0.15, 0.2) is 0 Å². The summed E-state index contributed by atoms with van der Waals surface area (Å²) in [6.07, 6.45) is 2.65. The maximum Gasteiger partial charge on any atom is -0.00372 e. The molecule has 0 saturated carbocycles. The van der Waals surface area contributed by atoms with Crippen LogP contribution in [-0.2, 0) is 0 Å². The quantitative estimate of drug-likeness (QED) is 0.477. The second kappa shape index (κ2) is 3.29. The van der Waals surface area contributed by atoms with Gasteiger partial charge in [-0.3, -0.25) is 0 Å². The molecule has 0 aliphatic heterocycles. The van der Waals surface area contributed by atoms with Crippen molar-refractivity contribution in [3.8, 4) is 0 Å². The molecule has 0 bridgehead atoms. The Kier molecular flexibility index (Phi) is 3.34. The van der Waals surface area contributed by atoms with E-state index in [9.17, 15) is 0 Å². The topological polar surface area (TPSA) is 0 Å². The number of thiocarbonyl (C=S) groups is 1. The Bertz CT molecular complexity index is 41.9. The van der Waals surface area contributed by atoms with Gasteiger partial charge in [-0.05, 0) is 24.6 Å². The first-order valence-corrected chi connectivity index (χ1v) is 2.33. The van der Waals surface area contributed by atoms with Gasteiger partial charge in [0.2, 0.25) is 0 Å². The molecule has 0 fully saturated rings. The standard InChI is InChI=1S/C5H8S/c1-3-5(6)4-2/h4H,1,3H2,2H3. The van der Waals surface area contributed by atoms with Crippen LogP contribution in [0, 0.1) is 13.3 Å². The van der Waals surface area contributed by atoms with Gasteiger partial charge in [0.15, 0.2) is 0 Å². The summed E-state index contributed by atoms with van der Waals surface area (Å²) in [6, 6.07) is 0. The smallest absolute Gasteiger partial charge is 0.00372 e. The second-order valence-electron chi connectivity index (χ2n) is 1.00. The SMILES string of the molecule is [CH2]CC(=S)[CH]C. The summed E-state index contributed by atoms with van der Waals surface area (Å²) in [6.45, 7) is 5.51. The highest BCUT2D eigenvalue weighted by atomic mass is 32.1. The Balaban J connectivity index is 2.99. The van der Waals surface area contributed by atoms with Crippen LogP contribution in [0.1, 0.15) is 13.3 Å². The Labute approximate surface area is 44.6 Å². The summed E-state index contributed by atoms with van der Waals surface area (Å²) in [7, 11) is 0. The molecule has 0 spiro atoms. The van der Waals surface area contributed by atoms with Gasteiger partial charge in [-0.25, -0.2) is 0 Å². The van der Waals surface area contributed by atoms with Crippen molar-refractivity contribution in [3.63, 3.8) is 0 Å². The molecule has 0 saturated heterocycles. The van der Waals surface area contributed by atoms with Crippen molar-refractivity contribution < 1.29 is 0 Å². The molecule has 0 heterocycles. The van der Waals surface area contributed by atoms with Gasteiger partial charge in [-0.1, -0.05) is 19.1 Å². The van der Waals surface area contributed by atoms with E-state index >= 15 is 0 Å². The molecule has 1 heteroatoms. The third-order valence-electron chi connectivity index (χ3n) is 0.568. The Morgan fingerprint density at radius 2 is 2.50 bits per heavy atom. The van der Waals surface area contributed by atoms with Crippen molar-refractivity contribution in [2.45, 2.75) is 13.3 Å². The molecular weight excluding hydrogens is 92.1 g/mol. The van der Waals surface area contributed by atoms with Crippen LogP contribution in [0.2, 0.25) is 0 Å². The summed E-state index contributed by atoms with van der Waals surface area (Å²) in [4.78, 5) is 0.940. The Morgan fingerprint density at radius 3 is 2.50 bits per heavy atom. The third-order valence-corrected chi connectivity index (χ3v) is 1.01. The fourth-order valence-electron chi connectivity index (χ4n) is 0.144. The van der Waals surface area contributed by atoms with Crippen LogP contribution in [-0.4, -0.2) is 4.86 Å². The van der Waals surface area contributed by atoms with E-state index in [0.717, 1.165) is 11.3 Å². The summed E-state index contributed by atoms with van der Waals surface area (Å²) < 4.78 is 0. The average molecular weight is 100 g/mol. The molecule has 0 aromatic carbocycles. The van der Waals surface area contributed by atoms with E-state index in [2.05, 4.69) is 6.92 Å². The van der Waals surface area contributed by atoms with Crippen LogP contribution in [0.25, 0.3) is 0 Å². The van der Waals surface area contributed by atoms with E-state index < -0.39 is 0 Å². The van der Waals surface area contributed by atoms with E-state index in [1.807, 2.05) is 13.3 Å². The van der Waals surface area contributed by atoms with E-state index in [1.165, 1.54) is 0 Å². The minimum atomic E-state index is 0.756. The predicted octanol–water partition coefficient (Wildman–Crippen LogP) is 1.80. The lowest BCUT2D eigenvalue weighted by Gasteiger charge is -1.85. The monoisotopic (exact) mass is 100 g/mol. The normalized spacial score (nSPS) is 8.33. The minimum Gasteiger partial charge on any atom is -0.0894 e. The van der Waals surface area contributed by atoms with Gasteiger partial charge in [0, 0.05) is 0 Å². The molecule has 0 atom stereocenters. The first-order valence-electron chi connectivity index (χ1n) is 1.92. The zero-order valence-corrected chi connectivity index (χ0v) is 4.72. The van der Waals surface area contributed by atoms with Crippen LogP contribution in [0.5, 0.6) is 0 Å². The van der Waals surface area contributed by atoms with Gasteiger partial charge in [0.05, 0.1) is 0 Å². The van der Waals surface area contributed by atoms with Crippen molar-refractivity contribution >= 4 is 17.1 Å². The Morgan fingerprint density at radius 1 is 2.00 bits per heavy atom. The number of hydrogen-bond donors (Lipinski definition) is 0. The summed E-state index contributed by atoms with van der Waals surface area (Å²) in [5.74, 6) is 0. The van der Waals surface area contributed by atoms with Crippen molar-refractivity contribution in [3.05, 3.63) is 13.3 Å². The fraction of sp³-hybridized carbons (Fsp3) is 0.400. The molecule has 0 rings (SSSR count). The van der Waals surface area contributed by atoms with Crippen molar-refractivity contribution in [1.29, 1.82) is 0 Å². The second-order valence-corrected chi connectivity index (χ2v) is 1.53. The zero-order chi connectivity index (χ0) is 4.99. The lowest BCUT2D eigenvalue weighted by Crippen LogP contribution is -1.85. The van der Waals surface area contributed by atoms with E-state index in [0.29, 0.717) is 0 Å². The first-order chi connectivity index (χ1) is 2.81. The van der Waals surface area contributed by atoms with Gasteiger partial charge in [0.25, 0.3) is 0 Å². The van der Waals surface area contributed by atoms with Gasteiger partial charge in [-0.2, -0.15) is 0 Å². The minimum absolute atomic E-state index is 0.756. The number of hydrogen-bond acceptors (Lipinski definition) is 1. The molecule has 0 aromatic heterocycles. The van der Waals surface area contributed by atoms with Gasteiger partial charge < -0.3 is 0 Å². The maximum atomic E-state index is 4.74. The third kappa shape index (κ3) is 2.33. The zero-order valence-electron chi connectivity index (χ0n) is 3.90. The van der Waals surface area contributed by atoms with Crippen LogP contribution >= 0.6 is 12.2 Å². The van der Waals surface area contributed by atoms with Crippen LogP contribution in [0.3, 0.4) is 0 Å². The molecule has 2 radical (unpaired) electrons. The highest BCUT2D eigenvalue weighted by Crippen LogP contribution is 1.86. The molecule has 0 unspecified atom stereocenters. The highest BCUT2D eigenvalue weighted by Gasteiger charge is 1.81. The fourth-order valence-corrected chi connectivity index (χ4v) is 0.144. The Hall–Kier alpha value is 0.0900. The molecule has 0 aromatic rings. The molecule has 0 aliphatic rings. The average Bonchev–Trinajstić information content (AvgIpc) is 1.65. The summed E-state index contributed by atoms with van der Waals surface area (Å²) >= 11 is 4.74. The molecule has 0 aliphatic carbocycles. The molecule has 0 N–H and O–H groups in total. The maximum absolute atomic E-state index is 4.74. The molecular formula is C5H8S. The van der Waals surface area contributed by atoms with Gasteiger partial charge in [-0.15, -0.1) is 0 Å². The van der Waals surface area contributed by atoms with Crippen molar-refractivity contribution in [2.75, 3.05) is 0 Å². The predicted molar refractivity (Wildman–Crippen MR) is 32.5 cm³/mol. The van der Waals surface area contributed by atoms with Gasteiger partial charge >= 0.3 is 0 Å². The van der Waals surface area contributed by atoms with Crippen LogP contribution < -0.4 is 0 Å². The lowest BCUT2D eigenvalue weighted by molar-refractivity contribution is 1.48. The molecule has 34 valence electrons. The summed E-state index contributed by atoms with van der Waals surface area (Å²) in [5, 5.41) is 0. The van der Waals surface area contributed by atoms with E-state index in [1.54, 1.807) is 0 Å². The van der Waals surface area contributed by atoms with Crippen molar-refractivity contribution in [2.24, 2.45) is 0 Å². The summed E-state index contributed by atoms with van der Waals surface area (Å²) in [5.41, 5.74) is 0. The van der Waals surface area contributed by atoms with Crippen LogP contribution in [0.4, 0.5) is 0 Å². The van der Waals surface area contributed by atoms with Gasteiger partial charge in [0.1, 0.15) is 0 Å². The van der Waals surface area contributed by atoms with E-state index in [4.69, 9.17) is 12.2 Å². The largest absolute Gasteiger partial charge is 0.0894 e. The highest BCUT2D eigenvalue weighted by molar-refractivity contribution is 7.80.